The lowest BCUT2D eigenvalue weighted by Crippen LogP contribution is -2.03. The van der Waals surface area contributed by atoms with Crippen LogP contribution < -0.4 is 9.47 Å². The highest BCUT2D eigenvalue weighted by Crippen LogP contribution is 2.35. The topological polar surface area (TPSA) is 44.8 Å². The van der Waals surface area contributed by atoms with Crippen LogP contribution in [0, 0.1) is 0 Å². The van der Waals surface area contributed by atoms with Crippen molar-refractivity contribution in [3.8, 4) is 11.5 Å². The first-order valence-corrected chi connectivity index (χ1v) is 7.66. The van der Waals surface area contributed by atoms with E-state index in [9.17, 15) is 4.79 Å². The molecule has 2 aromatic rings. The molecule has 5 heteroatoms. The van der Waals surface area contributed by atoms with Crippen LogP contribution in [0.3, 0.4) is 0 Å². The van der Waals surface area contributed by atoms with Gasteiger partial charge in [0, 0.05) is 9.79 Å². The highest BCUT2D eigenvalue weighted by Gasteiger charge is 2.08. The maximum atomic E-state index is 11.6. The second-order valence-electron chi connectivity index (χ2n) is 4.36. The van der Waals surface area contributed by atoms with Gasteiger partial charge in [0.2, 0.25) is 0 Å². The predicted octanol–water partition coefficient (Wildman–Crippen LogP) is 4.03. The fourth-order valence-corrected chi connectivity index (χ4v) is 2.74. The first-order chi connectivity index (χ1) is 10.7. The summed E-state index contributed by atoms with van der Waals surface area (Å²) in [4.78, 5) is 13.7. The lowest BCUT2D eigenvalue weighted by atomic mass is 10.2. The van der Waals surface area contributed by atoms with Crippen LogP contribution in [0.15, 0.2) is 52.3 Å². The van der Waals surface area contributed by atoms with Gasteiger partial charge in [0.05, 0.1) is 26.4 Å². The molecule has 4 nitrogen and oxygen atoms in total. The van der Waals surface area contributed by atoms with E-state index in [1.165, 1.54) is 0 Å². The van der Waals surface area contributed by atoms with Crippen LogP contribution in [-0.4, -0.2) is 26.8 Å². The number of esters is 1. The minimum absolute atomic E-state index is 0.301. The molecule has 0 amide bonds. The van der Waals surface area contributed by atoms with Crippen molar-refractivity contribution in [2.75, 3.05) is 20.8 Å². The molecule has 0 aliphatic heterocycles. The van der Waals surface area contributed by atoms with Gasteiger partial charge in [-0.25, -0.2) is 4.79 Å². The molecule has 2 rings (SSSR count). The van der Waals surface area contributed by atoms with Gasteiger partial charge in [-0.2, -0.15) is 0 Å². The van der Waals surface area contributed by atoms with E-state index in [-0.39, 0.29) is 5.97 Å². The molecule has 0 aliphatic rings. The Morgan fingerprint density at radius 1 is 0.955 bits per heavy atom. The number of rotatable bonds is 6. The molecule has 0 aliphatic carbocycles. The third kappa shape index (κ3) is 3.95. The zero-order valence-corrected chi connectivity index (χ0v) is 13.6. The zero-order chi connectivity index (χ0) is 15.9. The summed E-state index contributed by atoms with van der Waals surface area (Å²) in [5.41, 5.74) is 0.554. The fraction of sp³-hybridized carbons (Fsp3) is 0.235. The third-order valence-electron chi connectivity index (χ3n) is 2.96. The van der Waals surface area contributed by atoms with E-state index in [0.717, 1.165) is 9.79 Å². The molecule has 0 radical (unpaired) electrons. The number of hydrogen-bond acceptors (Lipinski definition) is 5. The van der Waals surface area contributed by atoms with Gasteiger partial charge in [-0.1, -0.05) is 11.8 Å². The molecule has 22 heavy (non-hydrogen) atoms. The molecule has 0 heterocycles. The number of hydrogen-bond donors (Lipinski definition) is 0. The van der Waals surface area contributed by atoms with E-state index in [0.29, 0.717) is 23.7 Å². The molecular formula is C17H18O4S. The Balaban J connectivity index is 2.12. The van der Waals surface area contributed by atoms with Gasteiger partial charge in [0.15, 0.2) is 11.5 Å². The van der Waals surface area contributed by atoms with Crippen molar-refractivity contribution < 1.29 is 19.0 Å². The van der Waals surface area contributed by atoms with Crippen molar-refractivity contribution in [1.29, 1.82) is 0 Å². The van der Waals surface area contributed by atoms with Crippen LogP contribution in [0.2, 0.25) is 0 Å². The third-order valence-corrected chi connectivity index (χ3v) is 3.95. The number of ether oxygens (including phenoxy) is 3. The first-order valence-electron chi connectivity index (χ1n) is 6.85. The van der Waals surface area contributed by atoms with E-state index in [1.807, 2.05) is 30.3 Å². The van der Waals surface area contributed by atoms with Gasteiger partial charge in [0.25, 0.3) is 0 Å². The number of carbonyl (C=O) groups is 1. The summed E-state index contributed by atoms with van der Waals surface area (Å²) < 4.78 is 15.5. The summed E-state index contributed by atoms with van der Waals surface area (Å²) in [6.07, 6.45) is 0. The molecular weight excluding hydrogens is 300 g/mol. The standard InChI is InChI=1S/C17H18O4S/c1-4-21-17(18)12-5-7-13(8-6-12)22-14-9-10-15(19-2)16(11-14)20-3/h5-11H,4H2,1-3H3. The minimum Gasteiger partial charge on any atom is -0.493 e. The van der Waals surface area contributed by atoms with E-state index in [2.05, 4.69) is 0 Å². The first kappa shape index (κ1) is 16.2. The molecule has 0 aromatic heterocycles. The SMILES string of the molecule is CCOC(=O)c1ccc(Sc2ccc(OC)c(OC)c2)cc1. The maximum absolute atomic E-state index is 11.6. The summed E-state index contributed by atoms with van der Waals surface area (Å²) in [5.74, 6) is 1.09. The highest BCUT2D eigenvalue weighted by molar-refractivity contribution is 7.99. The Bertz CT molecular complexity index is 638. The smallest absolute Gasteiger partial charge is 0.338 e. The molecule has 0 saturated carbocycles. The van der Waals surface area contributed by atoms with Crippen molar-refractivity contribution in [3.05, 3.63) is 48.0 Å². The van der Waals surface area contributed by atoms with Crippen LogP contribution in [0.4, 0.5) is 0 Å². The number of benzene rings is 2. The Morgan fingerprint density at radius 2 is 1.59 bits per heavy atom. The Hall–Kier alpha value is -2.14. The molecule has 0 spiro atoms. The Morgan fingerprint density at radius 3 is 2.18 bits per heavy atom. The van der Waals surface area contributed by atoms with Crippen LogP contribution >= 0.6 is 11.8 Å². The van der Waals surface area contributed by atoms with Gasteiger partial charge >= 0.3 is 5.97 Å². The van der Waals surface area contributed by atoms with Crippen molar-refractivity contribution >= 4 is 17.7 Å². The second kappa shape index (κ2) is 7.75. The largest absolute Gasteiger partial charge is 0.493 e. The zero-order valence-electron chi connectivity index (χ0n) is 12.8. The Kier molecular flexibility index (Phi) is 5.72. The van der Waals surface area contributed by atoms with Crippen molar-refractivity contribution in [1.82, 2.24) is 0 Å². The lowest BCUT2D eigenvalue weighted by molar-refractivity contribution is 0.0526. The maximum Gasteiger partial charge on any atom is 0.338 e. The Labute approximate surface area is 134 Å². The average Bonchev–Trinajstić information content (AvgIpc) is 2.55. The number of carbonyl (C=O) groups excluding carboxylic acids is 1. The van der Waals surface area contributed by atoms with Gasteiger partial charge in [-0.3, -0.25) is 0 Å². The van der Waals surface area contributed by atoms with Crippen molar-refractivity contribution in [2.24, 2.45) is 0 Å². The van der Waals surface area contributed by atoms with E-state index < -0.39 is 0 Å². The summed E-state index contributed by atoms with van der Waals surface area (Å²) in [6.45, 7) is 2.17. The summed E-state index contributed by atoms with van der Waals surface area (Å²) in [7, 11) is 3.22. The van der Waals surface area contributed by atoms with Crippen LogP contribution in [-0.2, 0) is 4.74 Å². The van der Waals surface area contributed by atoms with Crippen LogP contribution in [0.5, 0.6) is 11.5 Å². The quantitative estimate of drug-likeness (QED) is 0.752. The average molecular weight is 318 g/mol. The minimum atomic E-state index is -0.301. The van der Waals surface area contributed by atoms with Crippen LogP contribution in [0.25, 0.3) is 0 Å². The normalized spacial score (nSPS) is 10.1. The predicted molar refractivity (Wildman–Crippen MR) is 86.1 cm³/mol. The van der Waals surface area contributed by atoms with Crippen molar-refractivity contribution in [2.45, 2.75) is 16.7 Å². The van der Waals surface area contributed by atoms with Gasteiger partial charge in [0.1, 0.15) is 0 Å². The number of methoxy groups -OCH3 is 2. The summed E-state index contributed by atoms with van der Waals surface area (Å²) >= 11 is 1.58. The molecule has 116 valence electrons. The second-order valence-corrected chi connectivity index (χ2v) is 5.51. The van der Waals surface area contributed by atoms with E-state index in [1.54, 1.807) is 45.0 Å². The molecule has 0 atom stereocenters. The molecule has 0 N–H and O–H groups in total. The van der Waals surface area contributed by atoms with E-state index >= 15 is 0 Å². The van der Waals surface area contributed by atoms with Gasteiger partial charge in [-0.05, 0) is 49.4 Å². The monoisotopic (exact) mass is 318 g/mol. The molecule has 0 fully saturated rings. The fourth-order valence-electron chi connectivity index (χ4n) is 1.89. The lowest BCUT2D eigenvalue weighted by Gasteiger charge is -2.09. The van der Waals surface area contributed by atoms with E-state index in [4.69, 9.17) is 14.2 Å². The summed E-state index contributed by atoms with van der Waals surface area (Å²) in [5, 5.41) is 0. The van der Waals surface area contributed by atoms with Crippen molar-refractivity contribution in [3.63, 3.8) is 0 Å². The molecule has 2 aromatic carbocycles. The van der Waals surface area contributed by atoms with Gasteiger partial charge in [-0.15, -0.1) is 0 Å². The van der Waals surface area contributed by atoms with Crippen LogP contribution in [0.1, 0.15) is 17.3 Å². The summed E-state index contributed by atoms with van der Waals surface area (Å²) in [6, 6.07) is 13.1. The molecule has 0 unspecified atom stereocenters. The highest BCUT2D eigenvalue weighted by atomic mass is 32.2. The van der Waals surface area contributed by atoms with Gasteiger partial charge < -0.3 is 14.2 Å². The molecule has 0 saturated heterocycles. The molecule has 0 bridgehead atoms.